The van der Waals surface area contributed by atoms with Crippen LogP contribution in [0.2, 0.25) is 0 Å². The molecule has 0 aliphatic carbocycles. The van der Waals surface area contributed by atoms with Gasteiger partial charge in [0.2, 0.25) is 0 Å². The topological polar surface area (TPSA) is 25.4 Å². The second kappa shape index (κ2) is 6.33. The van der Waals surface area contributed by atoms with Crippen molar-refractivity contribution < 1.29 is 9.13 Å². The average molecular weight is 266 g/mol. The van der Waals surface area contributed by atoms with E-state index in [9.17, 15) is 4.39 Å². The highest BCUT2D eigenvalue weighted by Gasteiger charge is 2.21. The molecular weight excluding hydrogens is 243 g/mol. The van der Waals surface area contributed by atoms with Crippen LogP contribution in [0.25, 0.3) is 0 Å². The van der Waals surface area contributed by atoms with Gasteiger partial charge in [-0.2, -0.15) is 0 Å². The zero-order valence-corrected chi connectivity index (χ0v) is 12.1. The molecular formula is C15H23FN2O. The monoisotopic (exact) mass is 266 g/mol. The summed E-state index contributed by atoms with van der Waals surface area (Å²) in [6.07, 6.45) is 3.95. The molecule has 0 radical (unpaired) electrons. The number of aromatic nitrogens is 1. The molecule has 0 bridgehead atoms. The van der Waals surface area contributed by atoms with Gasteiger partial charge in [-0.25, -0.2) is 0 Å². The van der Waals surface area contributed by atoms with E-state index in [4.69, 9.17) is 4.74 Å². The standard InChI is InChI=1S/C15H23FN2O/c1-11-8-17-14(12(2)15(11)19-3)10-18-6-4-5-13(7-16)9-18/h8,13H,4-7,9-10H2,1-3H3. The number of piperidine rings is 1. The Morgan fingerprint density at radius 3 is 2.95 bits per heavy atom. The fourth-order valence-corrected chi connectivity index (χ4v) is 2.86. The number of hydrogen-bond acceptors (Lipinski definition) is 3. The van der Waals surface area contributed by atoms with Gasteiger partial charge in [0.05, 0.1) is 19.5 Å². The van der Waals surface area contributed by atoms with E-state index >= 15 is 0 Å². The Labute approximate surface area is 114 Å². The van der Waals surface area contributed by atoms with E-state index in [1.807, 2.05) is 20.0 Å². The number of likely N-dealkylation sites (tertiary alicyclic amines) is 1. The van der Waals surface area contributed by atoms with Crippen LogP contribution in [0.15, 0.2) is 6.20 Å². The Bertz CT molecular complexity index is 436. The van der Waals surface area contributed by atoms with E-state index in [0.29, 0.717) is 0 Å². The predicted molar refractivity (Wildman–Crippen MR) is 74.2 cm³/mol. The Morgan fingerprint density at radius 1 is 1.47 bits per heavy atom. The summed E-state index contributed by atoms with van der Waals surface area (Å²) in [7, 11) is 1.69. The minimum absolute atomic E-state index is 0.196. The third-order valence-electron chi connectivity index (χ3n) is 3.94. The van der Waals surface area contributed by atoms with Crippen molar-refractivity contribution in [2.45, 2.75) is 33.2 Å². The molecule has 106 valence electrons. The van der Waals surface area contributed by atoms with Crippen molar-refractivity contribution in [3.8, 4) is 5.75 Å². The summed E-state index contributed by atoms with van der Waals surface area (Å²) >= 11 is 0. The summed E-state index contributed by atoms with van der Waals surface area (Å²) in [6, 6.07) is 0. The molecule has 1 aromatic rings. The van der Waals surface area contributed by atoms with Gasteiger partial charge in [-0.15, -0.1) is 0 Å². The van der Waals surface area contributed by atoms with Crippen molar-refractivity contribution in [3.63, 3.8) is 0 Å². The van der Waals surface area contributed by atoms with Crippen molar-refractivity contribution in [1.82, 2.24) is 9.88 Å². The first-order chi connectivity index (χ1) is 9.15. The quantitative estimate of drug-likeness (QED) is 0.838. The van der Waals surface area contributed by atoms with Crippen LogP contribution in [-0.4, -0.2) is 36.8 Å². The molecule has 4 heteroatoms. The van der Waals surface area contributed by atoms with Gasteiger partial charge in [-0.3, -0.25) is 14.3 Å². The highest BCUT2D eigenvalue weighted by atomic mass is 19.1. The smallest absolute Gasteiger partial charge is 0.128 e. The summed E-state index contributed by atoms with van der Waals surface area (Å²) < 4.78 is 18.2. The maximum absolute atomic E-state index is 12.8. The number of nitrogens with zero attached hydrogens (tertiary/aromatic N) is 2. The molecule has 1 aliphatic heterocycles. The largest absolute Gasteiger partial charge is 0.496 e. The van der Waals surface area contributed by atoms with Crippen molar-refractivity contribution in [2.75, 3.05) is 26.9 Å². The summed E-state index contributed by atoms with van der Waals surface area (Å²) in [6.45, 7) is 6.51. The minimum atomic E-state index is -0.208. The number of hydrogen-bond donors (Lipinski definition) is 0. The Kier molecular flexibility index (Phi) is 4.75. The summed E-state index contributed by atoms with van der Waals surface area (Å²) in [5.74, 6) is 1.12. The molecule has 0 N–H and O–H groups in total. The second-order valence-electron chi connectivity index (χ2n) is 5.44. The minimum Gasteiger partial charge on any atom is -0.496 e. The Morgan fingerprint density at radius 2 is 2.26 bits per heavy atom. The highest BCUT2D eigenvalue weighted by Crippen LogP contribution is 2.26. The van der Waals surface area contributed by atoms with Gasteiger partial charge in [-0.1, -0.05) is 0 Å². The SMILES string of the molecule is COc1c(C)cnc(CN2CCCC(CF)C2)c1C. The molecule has 1 saturated heterocycles. The maximum Gasteiger partial charge on any atom is 0.128 e. The van der Waals surface area contributed by atoms with Crippen LogP contribution in [0.4, 0.5) is 4.39 Å². The van der Waals surface area contributed by atoms with Crippen molar-refractivity contribution in [2.24, 2.45) is 5.92 Å². The maximum atomic E-state index is 12.8. The fraction of sp³-hybridized carbons (Fsp3) is 0.667. The molecule has 0 aromatic carbocycles. The lowest BCUT2D eigenvalue weighted by Crippen LogP contribution is -2.36. The number of alkyl halides is 1. The molecule has 2 rings (SSSR count). The molecule has 1 aromatic heterocycles. The predicted octanol–water partition coefficient (Wildman–Crippen LogP) is 2.89. The van der Waals surface area contributed by atoms with Crippen molar-refractivity contribution in [1.29, 1.82) is 0 Å². The lowest BCUT2D eigenvalue weighted by atomic mass is 9.99. The molecule has 0 saturated carbocycles. The third kappa shape index (κ3) is 3.24. The first-order valence-corrected chi connectivity index (χ1v) is 6.93. The molecule has 0 amide bonds. The second-order valence-corrected chi connectivity index (χ2v) is 5.44. The number of aryl methyl sites for hydroxylation is 1. The summed E-state index contributed by atoms with van der Waals surface area (Å²) in [5.41, 5.74) is 3.20. The molecule has 3 nitrogen and oxygen atoms in total. The van der Waals surface area contributed by atoms with Crippen molar-refractivity contribution >= 4 is 0 Å². The first-order valence-electron chi connectivity index (χ1n) is 6.93. The average Bonchev–Trinajstić information content (AvgIpc) is 2.43. The van der Waals surface area contributed by atoms with Gasteiger partial charge in [0.1, 0.15) is 5.75 Å². The van der Waals surface area contributed by atoms with Crippen LogP contribution in [0, 0.1) is 19.8 Å². The lowest BCUT2D eigenvalue weighted by molar-refractivity contribution is 0.146. The molecule has 19 heavy (non-hydrogen) atoms. The van der Waals surface area contributed by atoms with Crippen LogP contribution < -0.4 is 4.74 Å². The molecule has 0 spiro atoms. The summed E-state index contributed by atoms with van der Waals surface area (Å²) in [4.78, 5) is 6.82. The van der Waals surface area contributed by atoms with E-state index in [2.05, 4.69) is 9.88 Å². The van der Waals surface area contributed by atoms with Crippen LogP contribution in [0.1, 0.15) is 29.7 Å². The van der Waals surface area contributed by atoms with E-state index in [1.165, 1.54) is 0 Å². The third-order valence-corrected chi connectivity index (χ3v) is 3.94. The van der Waals surface area contributed by atoms with Crippen LogP contribution in [0.5, 0.6) is 5.75 Å². The van der Waals surface area contributed by atoms with Crippen LogP contribution in [-0.2, 0) is 6.54 Å². The molecule has 1 atom stereocenters. The number of rotatable bonds is 4. The Hall–Kier alpha value is -1.16. The number of halogens is 1. The lowest BCUT2D eigenvalue weighted by Gasteiger charge is -2.31. The van der Waals surface area contributed by atoms with Gasteiger partial charge in [-0.05, 0) is 33.2 Å². The van der Waals surface area contributed by atoms with Gasteiger partial charge in [0, 0.05) is 36.3 Å². The molecule has 1 aliphatic rings. The normalized spacial score (nSPS) is 20.5. The van der Waals surface area contributed by atoms with Gasteiger partial charge in [0.25, 0.3) is 0 Å². The molecule has 2 heterocycles. The number of ether oxygens (including phenoxy) is 1. The molecule has 1 fully saturated rings. The summed E-state index contributed by atoms with van der Waals surface area (Å²) in [5, 5.41) is 0. The van der Waals surface area contributed by atoms with Gasteiger partial charge < -0.3 is 4.74 Å². The van der Waals surface area contributed by atoms with Crippen LogP contribution >= 0.6 is 0 Å². The van der Waals surface area contributed by atoms with E-state index < -0.39 is 0 Å². The Balaban J connectivity index is 2.10. The number of pyridine rings is 1. The first kappa shape index (κ1) is 14.3. The zero-order valence-electron chi connectivity index (χ0n) is 12.1. The van der Waals surface area contributed by atoms with Gasteiger partial charge >= 0.3 is 0 Å². The van der Waals surface area contributed by atoms with E-state index in [0.717, 1.165) is 55.0 Å². The number of methoxy groups -OCH3 is 1. The highest BCUT2D eigenvalue weighted by molar-refractivity contribution is 5.41. The molecule has 1 unspecified atom stereocenters. The zero-order chi connectivity index (χ0) is 13.8. The van der Waals surface area contributed by atoms with Crippen molar-refractivity contribution in [3.05, 3.63) is 23.0 Å². The van der Waals surface area contributed by atoms with E-state index in [-0.39, 0.29) is 12.6 Å². The van der Waals surface area contributed by atoms with E-state index in [1.54, 1.807) is 7.11 Å². The van der Waals surface area contributed by atoms with Gasteiger partial charge in [0.15, 0.2) is 0 Å². The fourth-order valence-electron chi connectivity index (χ4n) is 2.86. The van der Waals surface area contributed by atoms with Crippen LogP contribution in [0.3, 0.4) is 0 Å².